The molecule has 0 bridgehead atoms. The van der Waals surface area contributed by atoms with Crippen molar-refractivity contribution in [2.75, 3.05) is 5.73 Å². The maximum atomic E-state index is 13.0. The molecule has 0 radical (unpaired) electrons. The minimum absolute atomic E-state index is 0.0335. The van der Waals surface area contributed by atoms with E-state index in [1.54, 1.807) is 30.5 Å². The maximum absolute atomic E-state index is 13.0. The lowest BCUT2D eigenvalue weighted by Crippen LogP contribution is -2.41. The molecule has 6 nitrogen and oxygen atoms in total. The number of anilines is 1. The van der Waals surface area contributed by atoms with Gasteiger partial charge in [-0.15, -0.1) is 0 Å². The highest BCUT2D eigenvalue weighted by molar-refractivity contribution is 5.99. The number of pyridine rings is 1. The van der Waals surface area contributed by atoms with E-state index in [2.05, 4.69) is 16.4 Å². The Hall–Kier alpha value is -3.69. The third kappa shape index (κ3) is 4.90. The van der Waals surface area contributed by atoms with E-state index in [1.165, 1.54) is 0 Å². The summed E-state index contributed by atoms with van der Waals surface area (Å²) in [5, 5.41) is 12.2. The van der Waals surface area contributed by atoms with E-state index in [1.807, 2.05) is 36.4 Å². The monoisotopic (exact) mass is 412 g/mol. The Morgan fingerprint density at radius 2 is 1.97 bits per heavy atom. The Morgan fingerprint density at radius 3 is 2.77 bits per heavy atom. The van der Waals surface area contributed by atoms with Crippen LogP contribution in [0.3, 0.4) is 0 Å². The van der Waals surface area contributed by atoms with Crippen LogP contribution in [0, 0.1) is 11.3 Å². The molecule has 1 saturated carbocycles. The highest BCUT2D eigenvalue weighted by Gasteiger charge is 2.30. The molecule has 3 aromatic rings. The highest BCUT2D eigenvalue weighted by Crippen LogP contribution is 2.26. The van der Waals surface area contributed by atoms with Crippen molar-refractivity contribution >= 4 is 11.7 Å². The molecule has 0 unspecified atom stereocenters. The minimum Gasteiger partial charge on any atom is -0.383 e. The van der Waals surface area contributed by atoms with Gasteiger partial charge in [0, 0.05) is 11.8 Å². The molecule has 3 N–H and O–H groups in total. The number of nitrogens with one attached hydrogen (secondary N) is 1. The lowest BCUT2D eigenvalue weighted by molar-refractivity contribution is 0.0272. The van der Waals surface area contributed by atoms with E-state index in [9.17, 15) is 4.79 Å². The summed E-state index contributed by atoms with van der Waals surface area (Å²) in [6, 6.07) is 21.0. The molecule has 156 valence electrons. The smallest absolute Gasteiger partial charge is 0.255 e. The van der Waals surface area contributed by atoms with Crippen LogP contribution in [0.1, 0.15) is 40.7 Å². The number of nitriles is 1. The quantitative estimate of drug-likeness (QED) is 0.635. The molecule has 2 aromatic carbocycles. The Morgan fingerprint density at radius 1 is 1.13 bits per heavy atom. The summed E-state index contributed by atoms with van der Waals surface area (Å²) < 4.78 is 6.09. The number of nitrogen functional groups attached to an aromatic ring is 1. The van der Waals surface area contributed by atoms with Gasteiger partial charge in [0.05, 0.1) is 35.9 Å². The first-order valence-corrected chi connectivity index (χ1v) is 10.4. The second-order valence-electron chi connectivity index (χ2n) is 7.70. The number of hydrogen-bond acceptors (Lipinski definition) is 5. The predicted molar refractivity (Wildman–Crippen MR) is 119 cm³/mol. The van der Waals surface area contributed by atoms with E-state index < -0.39 is 0 Å². The SMILES string of the molecule is N#Cc1cccc(-c2cnc(N)c(C(=O)N[C@H]3CCC[C@@H]3OCc3ccccc3)c2)c1. The molecule has 1 aliphatic carbocycles. The van der Waals surface area contributed by atoms with Crippen molar-refractivity contribution in [3.8, 4) is 17.2 Å². The predicted octanol–water partition coefficient (Wildman–Crippen LogP) is 4.07. The summed E-state index contributed by atoms with van der Waals surface area (Å²) in [6.07, 6.45) is 4.35. The minimum atomic E-state index is -0.261. The van der Waals surface area contributed by atoms with Gasteiger partial charge in [-0.2, -0.15) is 5.26 Å². The van der Waals surface area contributed by atoms with Crippen LogP contribution in [0.15, 0.2) is 66.9 Å². The third-order valence-corrected chi connectivity index (χ3v) is 5.56. The average molecular weight is 412 g/mol. The number of rotatable bonds is 6. The number of aromatic nitrogens is 1. The first-order valence-electron chi connectivity index (χ1n) is 10.4. The van der Waals surface area contributed by atoms with E-state index >= 15 is 0 Å². The normalized spacial score (nSPS) is 17.8. The van der Waals surface area contributed by atoms with Crippen molar-refractivity contribution in [2.45, 2.75) is 38.0 Å². The topological polar surface area (TPSA) is 101 Å². The fourth-order valence-corrected chi connectivity index (χ4v) is 3.90. The van der Waals surface area contributed by atoms with Crippen molar-refractivity contribution < 1.29 is 9.53 Å². The van der Waals surface area contributed by atoms with Crippen LogP contribution >= 0.6 is 0 Å². The largest absolute Gasteiger partial charge is 0.383 e. The zero-order valence-electron chi connectivity index (χ0n) is 17.1. The number of ether oxygens (including phenoxy) is 1. The first-order chi connectivity index (χ1) is 15.1. The number of nitrogens with two attached hydrogens (primary N) is 1. The van der Waals surface area contributed by atoms with Crippen molar-refractivity contribution in [3.63, 3.8) is 0 Å². The van der Waals surface area contributed by atoms with E-state index in [0.717, 1.165) is 36.0 Å². The van der Waals surface area contributed by atoms with Crippen LogP contribution in [-0.4, -0.2) is 23.0 Å². The lowest BCUT2D eigenvalue weighted by atomic mass is 10.0. The molecule has 4 rings (SSSR count). The van der Waals surface area contributed by atoms with Gasteiger partial charge in [0.15, 0.2) is 0 Å². The van der Waals surface area contributed by atoms with Crippen LogP contribution in [0.4, 0.5) is 5.82 Å². The number of carbonyl (C=O) groups excluding carboxylic acids is 1. The molecular weight excluding hydrogens is 388 g/mol. The molecule has 1 heterocycles. The summed E-state index contributed by atoms with van der Waals surface area (Å²) in [4.78, 5) is 17.2. The number of carbonyl (C=O) groups is 1. The zero-order chi connectivity index (χ0) is 21.6. The molecule has 1 aromatic heterocycles. The van der Waals surface area contributed by atoms with Crippen molar-refractivity contribution in [2.24, 2.45) is 0 Å². The van der Waals surface area contributed by atoms with Gasteiger partial charge in [0.1, 0.15) is 5.82 Å². The second kappa shape index (κ2) is 9.41. The number of hydrogen-bond donors (Lipinski definition) is 2. The molecular formula is C25H24N4O2. The van der Waals surface area contributed by atoms with Crippen LogP contribution in [0.2, 0.25) is 0 Å². The van der Waals surface area contributed by atoms with Crippen molar-refractivity contribution in [1.82, 2.24) is 10.3 Å². The summed E-state index contributed by atoms with van der Waals surface area (Å²) >= 11 is 0. The van der Waals surface area contributed by atoms with Crippen molar-refractivity contribution in [1.29, 1.82) is 5.26 Å². The fraction of sp³-hybridized carbons (Fsp3) is 0.240. The fourth-order valence-electron chi connectivity index (χ4n) is 3.90. The molecule has 31 heavy (non-hydrogen) atoms. The van der Waals surface area contributed by atoms with Gasteiger partial charge in [0.25, 0.3) is 5.91 Å². The molecule has 1 aliphatic rings. The summed E-state index contributed by atoms with van der Waals surface area (Å²) in [7, 11) is 0. The van der Waals surface area contributed by atoms with Gasteiger partial charge < -0.3 is 15.8 Å². The van der Waals surface area contributed by atoms with Gasteiger partial charge in [-0.1, -0.05) is 42.5 Å². The first kappa shape index (κ1) is 20.6. The molecule has 6 heteroatoms. The Bertz CT molecular complexity index is 1110. The highest BCUT2D eigenvalue weighted by atomic mass is 16.5. The van der Waals surface area contributed by atoms with Crippen LogP contribution in [-0.2, 0) is 11.3 Å². The molecule has 0 aliphatic heterocycles. The van der Waals surface area contributed by atoms with Gasteiger partial charge in [-0.25, -0.2) is 4.98 Å². The maximum Gasteiger partial charge on any atom is 0.255 e. The Balaban J connectivity index is 1.47. The Labute approximate surface area is 181 Å². The number of nitrogens with zero attached hydrogens (tertiary/aromatic N) is 2. The average Bonchev–Trinajstić information content (AvgIpc) is 3.25. The van der Waals surface area contributed by atoms with Gasteiger partial charge in [0.2, 0.25) is 0 Å². The van der Waals surface area contributed by atoms with Crippen molar-refractivity contribution in [3.05, 3.63) is 83.6 Å². The van der Waals surface area contributed by atoms with Gasteiger partial charge in [-0.05, 0) is 48.6 Å². The van der Waals surface area contributed by atoms with Gasteiger partial charge in [-0.3, -0.25) is 4.79 Å². The molecule has 1 amide bonds. The Kier molecular flexibility index (Phi) is 6.25. The molecule has 0 spiro atoms. The summed E-state index contributed by atoms with van der Waals surface area (Å²) in [6.45, 7) is 0.520. The van der Waals surface area contributed by atoms with Crippen LogP contribution in [0.25, 0.3) is 11.1 Å². The van der Waals surface area contributed by atoms with Crippen LogP contribution in [0.5, 0.6) is 0 Å². The summed E-state index contributed by atoms with van der Waals surface area (Å²) in [5.41, 5.74) is 9.54. The van der Waals surface area contributed by atoms with E-state index in [4.69, 9.17) is 15.7 Å². The summed E-state index contributed by atoms with van der Waals surface area (Å²) in [5.74, 6) is -0.0825. The van der Waals surface area contributed by atoms with E-state index in [0.29, 0.717) is 17.7 Å². The lowest BCUT2D eigenvalue weighted by Gasteiger charge is -2.22. The standard InChI is InChI=1S/C25H24N4O2/c26-14-18-8-4-9-19(12-18)20-13-21(24(27)28-15-20)25(30)29-22-10-5-11-23(22)31-16-17-6-2-1-3-7-17/h1-4,6-9,12-13,15,22-23H,5,10-11,16H2,(H2,27,28)(H,29,30)/t22-,23-/m0/s1. The molecule has 2 atom stereocenters. The van der Waals surface area contributed by atoms with E-state index in [-0.39, 0.29) is 23.9 Å². The molecule has 1 fully saturated rings. The zero-order valence-corrected chi connectivity index (χ0v) is 17.1. The number of amides is 1. The molecule has 0 saturated heterocycles. The second-order valence-corrected chi connectivity index (χ2v) is 7.70. The third-order valence-electron chi connectivity index (χ3n) is 5.56. The van der Waals surface area contributed by atoms with Gasteiger partial charge >= 0.3 is 0 Å². The number of benzene rings is 2. The van der Waals surface area contributed by atoms with Crippen LogP contribution < -0.4 is 11.1 Å².